The fourth-order valence-electron chi connectivity index (χ4n) is 3.48. The molecule has 3 rings (SSSR count). The van der Waals surface area contributed by atoms with Crippen molar-refractivity contribution < 1.29 is 13.2 Å². The largest absolute Gasteiger partial charge is 0.434 e. The summed E-state index contributed by atoms with van der Waals surface area (Å²) in [4.78, 5) is 10.3. The molecule has 30 heavy (non-hydrogen) atoms. The van der Waals surface area contributed by atoms with Gasteiger partial charge in [0.05, 0.1) is 6.54 Å². The predicted molar refractivity (Wildman–Crippen MR) is 114 cm³/mol. The normalized spacial score (nSPS) is 18.4. The third-order valence-electron chi connectivity index (χ3n) is 5.28. The van der Waals surface area contributed by atoms with E-state index in [1.165, 1.54) is 24.8 Å². The van der Waals surface area contributed by atoms with Gasteiger partial charge in [-0.2, -0.15) is 13.2 Å². The quantitative estimate of drug-likeness (QED) is 0.517. The van der Waals surface area contributed by atoms with Crippen molar-refractivity contribution in [1.29, 1.82) is 0 Å². The standard InChI is InChI=1S/C21H28F3N5S/c1-15-5-3-4-10-29(15)13-17-8-6-16(7-9-17)11-26-20(25-2)27-12-19-28-18(14-30-19)21(22,23)24/h6-9,14-15H,3-5,10-13H2,1-2H3,(H2,25,26,27). The van der Waals surface area contributed by atoms with E-state index in [4.69, 9.17) is 0 Å². The van der Waals surface area contributed by atoms with Crippen molar-refractivity contribution in [2.24, 2.45) is 4.99 Å². The van der Waals surface area contributed by atoms with Crippen LogP contribution in [0.25, 0.3) is 0 Å². The number of benzene rings is 1. The van der Waals surface area contributed by atoms with Crippen molar-refractivity contribution in [1.82, 2.24) is 20.5 Å². The molecular formula is C21H28F3N5S. The molecule has 0 bridgehead atoms. The monoisotopic (exact) mass is 439 g/mol. The molecule has 1 aliphatic heterocycles. The number of thiazole rings is 1. The van der Waals surface area contributed by atoms with Gasteiger partial charge in [-0.05, 0) is 37.4 Å². The number of rotatable bonds is 6. The number of hydrogen-bond donors (Lipinski definition) is 2. The Labute approximate surface area is 179 Å². The lowest BCUT2D eigenvalue weighted by atomic mass is 10.0. The molecular weight excluding hydrogens is 411 g/mol. The summed E-state index contributed by atoms with van der Waals surface area (Å²) in [6.07, 6.45) is -0.542. The maximum Gasteiger partial charge on any atom is 0.434 e. The molecule has 1 atom stereocenters. The third-order valence-corrected chi connectivity index (χ3v) is 6.13. The molecule has 0 radical (unpaired) electrons. The SMILES string of the molecule is CN=C(NCc1ccc(CN2CCCCC2C)cc1)NCc1nc(C(F)(F)F)cs1. The van der Waals surface area contributed by atoms with Crippen LogP contribution in [0.5, 0.6) is 0 Å². The van der Waals surface area contributed by atoms with Crippen LogP contribution in [0.4, 0.5) is 13.2 Å². The smallest absolute Gasteiger partial charge is 0.352 e. The average molecular weight is 440 g/mol. The van der Waals surface area contributed by atoms with Gasteiger partial charge in [0.2, 0.25) is 0 Å². The number of halogens is 3. The second-order valence-corrected chi connectivity index (χ2v) is 8.48. The highest BCUT2D eigenvalue weighted by molar-refractivity contribution is 7.09. The highest BCUT2D eigenvalue weighted by atomic mass is 32.1. The van der Waals surface area contributed by atoms with Crippen LogP contribution in [0.1, 0.15) is 48.0 Å². The first-order chi connectivity index (χ1) is 14.3. The van der Waals surface area contributed by atoms with E-state index in [2.05, 4.69) is 56.7 Å². The molecule has 0 amide bonds. The summed E-state index contributed by atoms with van der Waals surface area (Å²) < 4.78 is 37.9. The van der Waals surface area contributed by atoms with E-state index in [1.807, 2.05) is 0 Å². The second kappa shape index (κ2) is 10.3. The molecule has 164 valence electrons. The van der Waals surface area contributed by atoms with Crippen LogP contribution in [0, 0.1) is 0 Å². The summed E-state index contributed by atoms with van der Waals surface area (Å²) in [7, 11) is 1.63. The predicted octanol–water partition coefficient (Wildman–Crippen LogP) is 4.40. The molecule has 2 heterocycles. The van der Waals surface area contributed by atoms with Gasteiger partial charge in [-0.1, -0.05) is 30.7 Å². The van der Waals surface area contributed by atoms with Crippen molar-refractivity contribution in [3.63, 3.8) is 0 Å². The molecule has 2 N–H and O–H groups in total. The first kappa shape index (κ1) is 22.6. The molecule has 1 aliphatic rings. The Morgan fingerprint density at radius 3 is 2.50 bits per heavy atom. The third kappa shape index (κ3) is 6.43. The Morgan fingerprint density at radius 1 is 1.17 bits per heavy atom. The van der Waals surface area contributed by atoms with E-state index >= 15 is 0 Å². The summed E-state index contributed by atoms with van der Waals surface area (Å²) in [5.41, 5.74) is 1.56. The topological polar surface area (TPSA) is 52.6 Å². The van der Waals surface area contributed by atoms with E-state index in [0.29, 0.717) is 23.6 Å². The Balaban J connectivity index is 1.46. The zero-order valence-corrected chi connectivity index (χ0v) is 18.1. The fourth-order valence-corrected chi connectivity index (χ4v) is 4.22. The maximum atomic E-state index is 12.6. The van der Waals surface area contributed by atoms with E-state index in [0.717, 1.165) is 35.4 Å². The molecule has 0 aliphatic carbocycles. The number of likely N-dealkylation sites (tertiary alicyclic amines) is 1. The number of aliphatic imine (C=N–C) groups is 1. The Bertz CT molecular complexity index is 832. The number of hydrogen-bond acceptors (Lipinski definition) is 4. The van der Waals surface area contributed by atoms with E-state index in [-0.39, 0.29) is 6.54 Å². The van der Waals surface area contributed by atoms with Gasteiger partial charge in [-0.3, -0.25) is 9.89 Å². The van der Waals surface area contributed by atoms with Gasteiger partial charge in [0.25, 0.3) is 0 Å². The maximum absolute atomic E-state index is 12.6. The highest BCUT2D eigenvalue weighted by Gasteiger charge is 2.33. The minimum Gasteiger partial charge on any atom is -0.352 e. The molecule has 0 spiro atoms. The molecule has 1 aromatic carbocycles. The molecule has 1 unspecified atom stereocenters. The van der Waals surface area contributed by atoms with Crippen LogP contribution < -0.4 is 10.6 Å². The van der Waals surface area contributed by atoms with Crippen LogP contribution in [0.3, 0.4) is 0 Å². The van der Waals surface area contributed by atoms with Crippen LogP contribution in [-0.4, -0.2) is 35.5 Å². The first-order valence-electron chi connectivity index (χ1n) is 10.1. The van der Waals surface area contributed by atoms with Crippen molar-refractivity contribution >= 4 is 17.3 Å². The summed E-state index contributed by atoms with van der Waals surface area (Å²) >= 11 is 0.979. The molecule has 2 aromatic rings. The van der Waals surface area contributed by atoms with E-state index < -0.39 is 11.9 Å². The van der Waals surface area contributed by atoms with E-state index in [1.54, 1.807) is 7.05 Å². The van der Waals surface area contributed by atoms with Gasteiger partial charge in [0.15, 0.2) is 11.7 Å². The Kier molecular flexibility index (Phi) is 7.71. The summed E-state index contributed by atoms with van der Waals surface area (Å²) in [5.74, 6) is 0.518. The average Bonchev–Trinajstić information content (AvgIpc) is 3.21. The zero-order chi connectivity index (χ0) is 21.6. The van der Waals surface area contributed by atoms with Crippen LogP contribution in [-0.2, 0) is 25.8 Å². The number of piperidine rings is 1. The Morgan fingerprint density at radius 2 is 1.87 bits per heavy atom. The number of aromatic nitrogens is 1. The van der Waals surface area contributed by atoms with Gasteiger partial charge in [-0.15, -0.1) is 11.3 Å². The lowest BCUT2D eigenvalue weighted by Gasteiger charge is -2.33. The number of nitrogens with zero attached hydrogens (tertiary/aromatic N) is 3. The number of guanidine groups is 1. The molecule has 1 fully saturated rings. The lowest BCUT2D eigenvalue weighted by Crippen LogP contribution is -2.37. The summed E-state index contributed by atoms with van der Waals surface area (Å²) in [6.45, 7) is 5.20. The Hall–Kier alpha value is -2.13. The summed E-state index contributed by atoms with van der Waals surface area (Å²) in [6, 6.07) is 9.15. The van der Waals surface area contributed by atoms with Gasteiger partial charge >= 0.3 is 6.18 Å². The fraction of sp³-hybridized carbons (Fsp3) is 0.524. The highest BCUT2D eigenvalue weighted by Crippen LogP contribution is 2.29. The second-order valence-electron chi connectivity index (χ2n) is 7.54. The van der Waals surface area contributed by atoms with Gasteiger partial charge in [-0.25, -0.2) is 4.98 Å². The van der Waals surface area contributed by atoms with Crippen molar-refractivity contribution in [2.45, 2.75) is 58.0 Å². The van der Waals surface area contributed by atoms with Crippen LogP contribution in [0.2, 0.25) is 0 Å². The van der Waals surface area contributed by atoms with Gasteiger partial charge in [0.1, 0.15) is 5.01 Å². The van der Waals surface area contributed by atoms with Crippen LogP contribution >= 0.6 is 11.3 Å². The zero-order valence-electron chi connectivity index (χ0n) is 17.3. The first-order valence-corrected chi connectivity index (χ1v) is 11.0. The minimum absolute atomic E-state index is 0.188. The molecule has 5 nitrogen and oxygen atoms in total. The van der Waals surface area contributed by atoms with Crippen molar-refractivity contribution in [3.05, 3.63) is 51.5 Å². The number of nitrogens with one attached hydrogen (secondary N) is 2. The summed E-state index contributed by atoms with van der Waals surface area (Å²) in [5, 5.41) is 7.58. The molecule has 0 saturated carbocycles. The van der Waals surface area contributed by atoms with E-state index in [9.17, 15) is 13.2 Å². The van der Waals surface area contributed by atoms with Crippen molar-refractivity contribution in [3.8, 4) is 0 Å². The van der Waals surface area contributed by atoms with Crippen molar-refractivity contribution in [2.75, 3.05) is 13.6 Å². The lowest BCUT2D eigenvalue weighted by molar-refractivity contribution is -0.140. The van der Waals surface area contributed by atoms with Gasteiger partial charge in [0, 0.05) is 31.6 Å². The van der Waals surface area contributed by atoms with Gasteiger partial charge < -0.3 is 10.6 Å². The minimum atomic E-state index is -4.41. The van der Waals surface area contributed by atoms with Crippen LogP contribution in [0.15, 0.2) is 34.6 Å². The molecule has 9 heteroatoms. The number of alkyl halides is 3. The molecule has 1 saturated heterocycles. The molecule has 1 aromatic heterocycles.